The summed E-state index contributed by atoms with van der Waals surface area (Å²) in [4.78, 5) is 47.7. The number of nitrogens with zero attached hydrogens (tertiary/aromatic N) is 3. The van der Waals surface area contributed by atoms with E-state index in [1.165, 1.54) is 41.3 Å². The van der Waals surface area contributed by atoms with Gasteiger partial charge in [0.05, 0.1) is 46.9 Å². The number of aromatic amines is 1. The molecule has 9 nitrogen and oxygen atoms in total. The van der Waals surface area contributed by atoms with Gasteiger partial charge in [-0.05, 0) is 24.3 Å². The number of carbonyl (C=O) groups excluding carboxylic acids is 1. The Morgan fingerprint density at radius 2 is 2.00 bits per heavy atom. The van der Waals surface area contributed by atoms with E-state index in [1.54, 1.807) is 0 Å². The number of aliphatic imine (C=N–C) groups is 1. The Morgan fingerprint density at radius 1 is 1.17 bits per heavy atom. The number of amides is 1. The summed E-state index contributed by atoms with van der Waals surface area (Å²) in [7, 11) is 0. The number of H-pyrrole nitrogens is 1. The average Bonchev–Trinajstić information content (AvgIpc) is 3.44. The molecule has 11 heteroatoms. The molecule has 2 N–H and O–H groups in total. The van der Waals surface area contributed by atoms with Gasteiger partial charge in [-0.3, -0.25) is 9.59 Å². The lowest BCUT2D eigenvalue weighted by molar-refractivity contribution is -0.118. The predicted octanol–water partition coefficient (Wildman–Crippen LogP) is 3.90. The van der Waals surface area contributed by atoms with Crippen LogP contribution in [0.15, 0.2) is 63.2 Å². The normalized spacial score (nSPS) is 15.5. The molecule has 1 atom stereocenters. The number of dihydropyridines is 1. The van der Waals surface area contributed by atoms with Gasteiger partial charge in [0.1, 0.15) is 22.9 Å². The second-order valence-corrected chi connectivity index (χ2v) is 8.24. The molecule has 0 aliphatic carbocycles. The van der Waals surface area contributed by atoms with E-state index in [-0.39, 0.29) is 56.1 Å². The number of aromatic carboxylic acids is 1. The summed E-state index contributed by atoms with van der Waals surface area (Å²) in [6.45, 7) is -0.381. The van der Waals surface area contributed by atoms with Gasteiger partial charge < -0.3 is 19.1 Å². The van der Waals surface area contributed by atoms with Crippen molar-refractivity contribution in [3.8, 4) is 0 Å². The molecule has 0 fully saturated rings. The summed E-state index contributed by atoms with van der Waals surface area (Å²) in [5.41, 5.74) is -0.582. The molecule has 2 aromatic carbocycles. The van der Waals surface area contributed by atoms with Crippen molar-refractivity contribution in [3.05, 3.63) is 87.8 Å². The van der Waals surface area contributed by atoms with E-state index >= 15 is 8.78 Å². The number of furan rings is 1. The monoisotopic (exact) mass is 488 g/mol. The highest BCUT2D eigenvalue weighted by Gasteiger charge is 2.34. The van der Waals surface area contributed by atoms with Crippen molar-refractivity contribution in [2.75, 3.05) is 0 Å². The number of allylic oxidation sites excluding steroid dienone is 1. The minimum atomic E-state index is -1.42. The molecule has 0 radical (unpaired) electrons. The van der Waals surface area contributed by atoms with Gasteiger partial charge in [-0.1, -0.05) is 6.08 Å². The Balaban J connectivity index is 1.70. The van der Waals surface area contributed by atoms with Gasteiger partial charge in [-0.2, -0.15) is 0 Å². The molecule has 4 heterocycles. The molecular weight excluding hydrogens is 474 g/mol. The standard InChI is InChI=1S/C25H14F2N4O5/c26-15-7-17-14(24(33)30-10-29-17)6-11(15)9-31-18-8-16(27)12-3-5-36-22(12)20(18)19(21(31)25(34)35)13-2-1-4-28-23(13)32/h1-8,10,13H,9H2,(H,34,35)(H,29,30,33). The highest BCUT2D eigenvalue weighted by molar-refractivity contribution is 6.13. The molecule has 1 aliphatic heterocycles. The molecule has 0 spiro atoms. The van der Waals surface area contributed by atoms with Crippen LogP contribution in [-0.4, -0.2) is 37.7 Å². The van der Waals surface area contributed by atoms with Crippen molar-refractivity contribution in [1.82, 2.24) is 14.5 Å². The van der Waals surface area contributed by atoms with Crippen molar-refractivity contribution in [2.24, 2.45) is 4.99 Å². The Kier molecular flexibility index (Phi) is 4.68. The van der Waals surface area contributed by atoms with Gasteiger partial charge in [0.25, 0.3) is 11.5 Å². The number of benzene rings is 2. The first kappa shape index (κ1) is 21.6. The minimum Gasteiger partial charge on any atom is -0.477 e. The highest BCUT2D eigenvalue weighted by atomic mass is 19.1. The molecule has 5 aromatic rings. The third kappa shape index (κ3) is 3.09. The van der Waals surface area contributed by atoms with E-state index < -0.39 is 35.0 Å². The summed E-state index contributed by atoms with van der Waals surface area (Å²) in [5, 5.41) is 10.6. The minimum absolute atomic E-state index is 0.0320. The van der Waals surface area contributed by atoms with Crippen LogP contribution in [-0.2, 0) is 11.3 Å². The summed E-state index contributed by atoms with van der Waals surface area (Å²) in [6.07, 6.45) is 6.68. The van der Waals surface area contributed by atoms with E-state index in [1.807, 2.05) is 0 Å². The van der Waals surface area contributed by atoms with E-state index in [0.717, 1.165) is 18.5 Å². The summed E-state index contributed by atoms with van der Waals surface area (Å²) in [5.74, 6) is -4.54. The lowest BCUT2D eigenvalue weighted by Crippen LogP contribution is -2.17. The maximum absolute atomic E-state index is 15.1. The summed E-state index contributed by atoms with van der Waals surface area (Å²) < 4.78 is 36.8. The summed E-state index contributed by atoms with van der Waals surface area (Å²) >= 11 is 0. The first-order valence-corrected chi connectivity index (χ1v) is 10.7. The van der Waals surface area contributed by atoms with Crippen molar-refractivity contribution < 1.29 is 27.9 Å². The molecule has 0 bridgehead atoms. The van der Waals surface area contributed by atoms with Crippen molar-refractivity contribution in [3.63, 3.8) is 0 Å². The van der Waals surface area contributed by atoms with Crippen molar-refractivity contribution in [1.29, 1.82) is 0 Å². The van der Waals surface area contributed by atoms with Gasteiger partial charge in [-0.25, -0.2) is 23.6 Å². The molecule has 178 valence electrons. The SMILES string of the molecule is O=C(O)c1c(C2C=CC=NC2=O)c2c3occc3c(F)cc2n1Cc1cc2c(=O)[nH]cnc2cc1F. The zero-order valence-electron chi connectivity index (χ0n) is 18.2. The number of halogens is 2. The lowest BCUT2D eigenvalue weighted by Gasteiger charge is -2.14. The molecule has 1 amide bonds. The predicted molar refractivity (Wildman–Crippen MR) is 125 cm³/mol. The molecule has 0 saturated heterocycles. The van der Waals surface area contributed by atoms with Crippen LogP contribution >= 0.6 is 0 Å². The van der Waals surface area contributed by atoms with Crippen LogP contribution in [0.3, 0.4) is 0 Å². The maximum Gasteiger partial charge on any atom is 0.352 e. The van der Waals surface area contributed by atoms with Gasteiger partial charge in [0, 0.05) is 28.8 Å². The molecule has 1 unspecified atom stereocenters. The molecule has 36 heavy (non-hydrogen) atoms. The fraction of sp³-hybridized carbons (Fsp3) is 0.0800. The van der Waals surface area contributed by atoms with Crippen LogP contribution < -0.4 is 5.56 Å². The molecule has 3 aromatic heterocycles. The van der Waals surface area contributed by atoms with Crippen LogP contribution in [0.25, 0.3) is 32.8 Å². The van der Waals surface area contributed by atoms with Gasteiger partial charge in [0.15, 0.2) is 0 Å². The number of aromatic nitrogens is 3. The smallest absolute Gasteiger partial charge is 0.352 e. The zero-order chi connectivity index (χ0) is 25.1. The van der Waals surface area contributed by atoms with Crippen LogP contribution in [0.5, 0.6) is 0 Å². The fourth-order valence-corrected chi connectivity index (χ4v) is 4.72. The number of hydrogen-bond acceptors (Lipinski definition) is 5. The largest absolute Gasteiger partial charge is 0.477 e. The zero-order valence-corrected chi connectivity index (χ0v) is 18.2. The third-order valence-corrected chi connectivity index (χ3v) is 6.26. The first-order chi connectivity index (χ1) is 17.3. The first-order valence-electron chi connectivity index (χ1n) is 10.7. The fourth-order valence-electron chi connectivity index (χ4n) is 4.72. The average molecular weight is 488 g/mol. The number of carboxylic acid groups (broad SMARTS) is 1. The van der Waals surface area contributed by atoms with E-state index in [2.05, 4.69) is 15.0 Å². The van der Waals surface area contributed by atoms with Gasteiger partial charge in [0.2, 0.25) is 0 Å². The Labute approximate surface area is 199 Å². The van der Waals surface area contributed by atoms with Gasteiger partial charge >= 0.3 is 5.97 Å². The number of carboxylic acids is 1. The Morgan fingerprint density at radius 3 is 2.78 bits per heavy atom. The van der Waals surface area contributed by atoms with Crippen LogP contribution in [0.1, 0.15) is 27.5 Å². The molecule has 6 rings (SSSR count). The number of nitrogens with one attached hydrogen (secondary N) is 1. The molecular formula is C25H14F2N4O5. The number of rotatable bonds is 4. The van der Waals surface area contributed by atoms with Crippen LogP contribution in [0, 0.1) is 11.6 Å². The summed E-state index contributed by atoms with van der Waals surface area (Å²) in [6, 6.07) is 4.85. The van der Waals surface area contributed by atoms with E-state index in [9.17, 15) is 19.5 Å². The molecule has 1 aliphatic rings. The van der Waals surface area contributed by atoms with Crippen LogP contribution in [0.4, 0.5) is 8.78 Å². The quantitative estimate of drug-likeness (QED) is 0.395. The van der Waals surface area contributed by atoms with Crippen molar-refractivity contribution >= 4 is 50.9 Å². The maximum atomic E-state index is 15.1. The van der Waals surface area contributed by atoms with Crippen LogP contribution in [0.2, 0.25) is 0 Å². The Bertz CT molecular complexity index is 1880. The van der Waals surface area contributed by atoms with Crippen molar-refractivity contribution in [2.45, 2.75) is 12.5 Å². The third-order valence-electron chi connectivity index (χ3n) is 6.26. The topological polar surface area (TPSA) is 131 Å². The molecule has 0 saturated carbocycles. The Hall–Kier alpha value is -4.93. The number of carbonyl (C=O) groups is 2. The highest BCUT2D eigenvalue weighted by Crippen LogP contribution is 2.40. The van der Waals surface area contributed by atoms with Gasteiger partial charge in [-0.15, -0.1) is 0 Å². The van der Waals surface area contributed by atoms with E-state index in [4.69, 9.17) is 4.42 Å². The number of fused-ring (bicyclic) bond motifs is 4. The second kappa shape index (κ2) is 7.80. The second-order valence-electron chi connectivity index (χ2n) is 8.24. The lowest BCUT2D eigenvalue weighted by atomic mass is 9.93. The van der Waals surface area contributed by atoms with E-state index in [0.29, 0.717) is 0 Å². The number of hydrogen-bond donors (Lipinski definition) is 2.